The summed E-state index contributed by atoms with van der Waals surface area (Å²) in [4.78, 5) is 14.3. The van der Waals surface area contributed by atoms with E-state index in [0.29, 0.717) is 12.2 Å². The first kappa shape index (κ1) is 11.7. The topological polar surface area (TPSA) is 50.2 Å². The van der Waals surface area contributed by atoms with Gasteiger partial charge in [-0.15, -0.1) is 0 Å². The number of nitrogens with zero attached hydrogens (tertiary/aromatic N) is 1. The quantitative estimate of drug-likeness (QED) is 0.776. The van der Waals surface area contributed by atoms with Crippen LogP contribution < -0.4 is 0 Å². The lowest BCUT2D eigenvalue weighted by Gasteiger charge is -1.99. The molecule has 1 aromatic heterocycles. The maximum atomic E-state index is 13.4. The van der Waals surface area contributed by atoms with Gasteiger partial charge in [-0.05, 0) is 24.3 Å². The number of halogens is 1. The first-order chi connectivity index (χ1) is 7.16. The number of carboxylic acid groups (broad SMARTS) is 1. The molecule has 0 saturated heterocycles. The van der Waals surface area contributed by atoms with Crippen LogP contribution in [0.5, 0.6) is 0 Å². The standard InChI is InChI=1S/C10H10FNO2S/c11-9-7(10(13)14)4-5-12-8(9)3-1-2-6-15/h1,3-5,15H,2,6H2,(H,13,14). The molecule has 1 rings (SSSR count). The van der Waals surface area contributed by atoms with E-state index in [1.165, 1.54) is 12.3 Å². The lowest BCUT2D eigenvalue weighted by molar-refractivity contribution is 0.0691. The third-order valence-electron chi connectivity index (χ3n) is 1.72. The van der Waals surface area contributed by atoms with Gasteiger partial charge in [0.15, 0.2) is 5.82 Å². The van der Waals surface area contributed by atoms with Gasteiger partial charge in [0.1, 0.15) is 0 Å². The number of thiol groups is 1. The van der Waals surface area contributed by atoms with Crippen LogP contribution in [0.3, 0.4) is 0 Å². The molecular weight excluding hydrogens is 217 g/mol. The lowest BCUT2D eigenvalue weighted by Crippen LogP contribution is -2.03. The molecule has 1 heterocycles. The van der Waals surface area contributed by atoms with Crippen LogP contribution >= 0.6 is 12.6 Å². The van der Waals surface area contributed by atoms with E-state index in [0.717, 1.165) is 6.07 Å². The lowest BCUT2D eigenvalue weighted by atomic mass is 10.2. The van der Waals surface area contributed by atoms with Crippen LogP contribution in [-0.4, -0.2) is 21.8 Å². The molecule has 3 nitrogen and oxygen atoms in total. The monoisotopic (exact) mass is 227 g/mol. The van der Waals surface area contributed by atoms with Crippen molar-refractivity contribution in [1.29, 1.82) is 0 Å². The zero-order valence-electron chi connectivity index (χ0n) is 7.85. The summed E-state index contributed by atoms with van der Waals surface area (Å²) in [6, 6.07) is 1.13. The highest BCUT2D eigenvalue weighted by Gasteiger charge is 2.12. The number of aromatic nitrogens is 1. The van der Waals surface area contributed by atoms with Crippen LogP contribution in [0.2, 0.25) is 0 Å². The molecule has 0 aliphatic carbocycles. The van der Waals surface area contributed by atoms with Crippen LogP contribution in [0.25, 0.3) is 6.08 Å². The molecular formula is C10H10FNO2S. The third kappa shape index (κ3) is 3.06. The number of aromatic carboxylic acids is 1. The third-order valence-corrected chi connectivity index (χ3v) is 1.98. The van der Waals surface area contributed by atoms with Crippen molar-refractivity contribution >= 4 is 24.7 Å². The summed E-state index contributed by atoms with van der Waals surface area (Å²) < 4.78 is 13.4. The molecule has 0 saturated carbocycles. The predicted octanol–water partition coefficient (Wildman–Crippen LogP) is 2.25. The molecule has 0 fully saturated rings. The van der Waals surface area contributed by atoms with Crippen LogP contribution in [0.4, 0.5) is 4.39 Å². The van der Waals surface area contributed by atoms with Crippen LogP contribution in [0.15, 0.2) is 18.3 Å². The molecule has 0 amide bonds. The van der Waals surface area contributed by atoms with Gasteiger partial charge in [-0.3, -0.25) is 4.98 Å². The van der Waals surface area contributed by atoms with Gasteiger partial charge >= 0.3 is 5.97 Å². The van der Waals surface area contributed by atoms with E-state index in [1.54, 1.807) is 6.08 Å². The minimum absolute atomic E-state index is 0.0386. The number of allylic oxidation sites excluding steroid dienone is 1. The molecule has 5 heteroatoms. The van der Waals surface area contributed by atoms with Crippen molar-refractivity contribution in [1.82, 2.24) is 4.98 Å². The van der Waals surface area contributed by atoms with Gasteiger partial charge in [-0.25, -0.2) is 9.18 Å². The molecule has 0 bridgehead atoms. The van der Waals surface area contributed by atoms with Gasteiger partial charge in [0.2, 0.25) is 0 Å². The van der Waals surface area contributed by atoms with E-state index in [-0.39, 0.29) is 11.3 Å². The number of rotatable bonds is 4. The highest BCUT2D eigenvalue weighted by molar-refractivity contribution is 7.80. The molecule has 80 valence electrons. The van der Waals surface area contributed by atoms with Gasteiger partial charge in [-0.1, -0.05) is 6.08 Å². The Hall–Kier alpha value is -1.36. The molecule has 15 heavy (non-hydrogen) atoms. The summed E-state index contributed by atoms with van der Waals surface area (Å²) >= 11 is 3.99. The summed E-state index contributed by atoms with van der Waals surface area (Å²) in [6.07, 6.45) is 5.11. The Bertz CT molecular complexity index is 393. The van der Waals surface area contributed by atoms with Gasteiger partial charge in [0.05, 0.1) is 11.3 Å². The maximum Gasteiger partial charge on any atom is 0.338 e. The van der Waals surface area contributed by atoms with E-state index in [4.69, 9.17) is 5.11 Å². The molecule has 0 aromatic carbocycles. The Morgan fingerprint density at radius 3 is 3.00 bits per heavy atom. The van der Waals surface area contributed by atoms with Crippen molar-refractivity contribution in [3.63, 3.8) is 0 Å². The number of hydrogen-bond donors (Lipinski definition) is 2. The zero-order chi connectivity index (χ0) is 11.3. The molecule has 0 spiro atoms. The molecule has 0 aliphatic rings. The van der Waals surface area contributed by atoms with Crippen molar-refractivity contribution in [2.45, 2.75) is 6.42 Å². The van der Waals surface area contributed by atoms with Crippen molar-refractivity contribution < 1.29 is 14.3 Å². The SMILES string of the molecule is O=C(O)c1ccnc(C=CCCS)c1F. The van der Waals surface area contributed by atoms with E-state index in [9.17, 15) is 9.18 Å². The molecule has 1 N–H and O–H groups in total. The molecule has 0 aliphatic heterocycles. The van der Waals surface area contributed by atoms with E-state index in [1.807, 2.05) is 0 Å². The van der Waals surface area contributed by atoms with Crippen molar-refractivity contribution in [2.24, 2.45) is 0 Å². The second-order valence-electron chi connectivity index (χ2n) is 2.78. The summed E-state index contributed by atoms with van der Waals surface area (Å²) in [5, 5.41) is 8.66. The molecule has 1 aromatic rings. The fraction of sp³-hybridized carbons (Fsp3) is 0.200. The first-order valence-corrected chi connectivity index (χ1v) is 4.95. The van der Waals surface area contributed by atoms with E-state index < -0.39 is 11.8 Å². The predicted molar refractivity (Wildman–Crippen MR) is 58.7 cm³/mol. The van der Waals surface area contributed by atoms with Gasteiger partial charge in [0, 0.05) is 6.20 Å². The zero-order valence-corrected chi connectivity index (χ0v) is 8.75. The Morgan fingerprint density at radius 1 is 1.67 bits per heavy atom. The highest BCUT2D eigenvalue weighted by atomic mass is 32.1. The number of carbonyl (C=O) groups is 1. The average molecular weight is 227 g/mol. The Balaban J connectivity index is 2.99. The van der Waals surface area contributed by atoms with Gasteiger partial charge < -0.3 is 5.11 Å². The number of pyridine rings is 1. The van der Waals surface area contributed by atoms with E-state index >= 15 is 0 Å². The Kier molecular flexibility index (Phi) is 4.30. The fourth-order valence-electron chi connectivity index (χ4n) is 1.01. The smallest absolute Gasteiger partial charge is 0.338 e. The molecule has 0 atom stereocenters. The maximum absolute atomic E-state index is 13.4. The molecule has 0 unspecified atom stereocenters. The van der Waals surface area contributed by atoms with Gasteiger partial charge in [0.25, 0.3) is 0 Å². The van der Waals surface area contributed by atoms with Gasteiger partial charge in [-0.2, -0.15) is 12.6 Å². The number of carboxylic acids is 1. The minimum Gasteiger partial charge on any atom is -0.478 e. The summed E-state index contributed by atoms with van der Waals surface area (Å²) in [6.45, 7) is 0. The van der Waals surface area contributed by atoms with E-state index in [2.05, 4.69) is 17.6 Å². The normalized spacial score (nSPS) is 10.8. The summed E-state index contributed by atoms with van der Waals surface area (Å²) in [5.74, 6) is -1.45. The first-order valence-electron chi connectivity index (χ1n) is 4.32. The van der Waals surface area contributed by atoms with Crippen molar-refractivity contribution in [2.75, 3.05) is 5.75 Å². The fourth-order valence-corrected chi connectivity index (χ4v) is 1.16. The van der Waals surface area contributed by atoms with Crippen molar-refractivity contribution in [3.8, 4) is 0 Å². The summed E-state index contributed by atoms with van der Waals surface area (Å²) in [5.41, 5.74) is -0.327. The van der Waals surface area contributed by atoms with Crippen molar-refractivity contribution in [3.05, 3.63) is 35.4 Å². The largest absolute Gasteiger partial charge is 0.478 e. The summed E-state index contributed by atoms with van der Waals surface area (Å²) in [7, 11) is 0. The average Bonchev–Trinajstić information content (AvgIpc) is 2.20. The second-order valence-corrected chi connectivity index (χ2v) is 3.22. The Labute approximate surface area is 92.1 Å². The van der Waals surface area contributed by atoms with Crippen LogP contribution in [0.1, 0.15) is 22.5 Å². The molecule has 0 radical (unpaired) electrons. The number of hydrogen-bond acceptors (Lipinski definition) is 3. The minimum atomic E-state index is -1.29. The van der Waals surface area contributed by atoms with Crippen LogP contribution in [0, 0.1) is 5.82 Å². The van der Waals surface area contributed by atoms with Crippen LogP contribution in [-0.2, 0) is 0 Å². The Morgan fingerprint density at radius 2 is 2.40 bits per heavy atom. The second kappa shape index (κ2) is 5.50. The highest BCUT2D eigenvalue weighted by Crippen LogP contribution is 2.12.